The summed E-state index contributed by atoms with van der Waals surface area (Å²) in [5.74, 6) is 0.0833. The van der Waals surface area contributed by atoms with E-state index in [2.05, 4.69) is 0 Å². The highest BCUT2D eigenvalue weighted by atomic mass is 19.1. The van der Waals surface area contributed by atoms with Crippen LogP contribution in [0.3, 0.4) is 0 Å². The van der Waals surface area contributed by atoms with Crippen molar-refractivity contribution in [2.45, 2.75) is 25.6 Å². The van der Waals surface area contributed by atoms with E-state index in [1.165, 1.54) is 6.07 Å². The number of ether oxygens (including phenoxy) is 1. The van der Waals surface area contributed by atoms with Crippen molar-refractivity contribution in [2.75, 3.05) is 6.54 Å². The zero-order valence-corrected chi connectivity index (χ0v) is 9.53. The van der Waals surface area contributed by atoms with E-state index in [4.69, 9.17) is 15.7 Å². The molecule has 1 aliphatic rings. The van der Waals surface area contributed by atoms with Gasteiger partial charge in [-0.25, -0.2) is 4.39 Å². The Balaban J connectivity index is 1.90. The molecule has 0 bridgehead atoms. The lowest BCUT2D eigenvalue weighted by atomic mass is 9.82. The molecule has 0 aliphatic heterocycles. The molecular weight excluding hydrogens is 219 g/mol. The van der Waals surface area contributed by atoms with Crippen LogP contribution in [0.2, 0.25) is 0 Å². The number of nitriles is 1. The molecule has 1 saturated carbocycles. The molecule has 0 radical (unpaired) electrons. The Labute approximate surface area is 100.0 Å². The van der Waals surface area contributed by atoms with Gasteiger partial charge in [0.25, 0.3) is 0 Å². The Hall–Kier alpha value is -1.44. The third-order valence-electron chi connectivity index (χ3n) is 3.20. The van der Waals surface area contributed by atoms with Crippen LogP contribution in [0.1, 0.15) is 24.0 Å². The van der Waals surface area contributed by atoms with Gasteiger partial charge >= 0.3 is 0 Å². The fraction of sp³-hybridized carbons (Fsp3) is 0.462. The zero-order valence-electron chi connectivity index (χ0n) is 9.53. The second-order valence-electron chi connectivity index (χ2n) is 4.40. The SMILES string of the molecule is N#Cc1cccc(COC2CC(CN)C2)c1F. The van der Waals surface area contributed by atoms with E-state index in [1.54, 1.807) is 12.1 Å². The van der Waals surface area contributed by atoms with Gasteiger partial charge in [-0.3, -0.25) is 0 Å². The van der Waals surface area contributed by atoms with Crippen LogP contribution in [0, 0.1) is 23.1 Å². The second-order valence-corrected chi connectivity index (χ2v) is 4.40. The summed E-state index contributed by atoms with van der Waals surface area (Å²) in [5, 5.41) is 8.70. The maximum atomic E-state index is 13.7. The number of rotatable bonds is 4. The molecule has 90 valence electrons. The van der Waals surface area contributed by atoms with Crippen LogP contribution < -0.4 is 5.73 Å². The van der Waals surface area contributed by atoms with Crippen LogP contribution in [0.5, 0.6) is 0 Å². The Morgan fingerprint density at radius 3 is 2.88 bits per heavy atom. The number of nitrogens with zero attached hydrogens (tertiary/aromatic N) is 1. The first-order valence-electron chi connectivity index (χ1n) is 5.73. The minimum Gasteiger partial charge on any atom is -0.373 e. The van der Waals surface area contributed by atoms with Crippen molar-refractivity contribution in [1.82, 2.24) is 0 Å². The quantitative estimate of drug-likeness (QED) is 0.866. The van der Waals surface area contributed by atoms with Gasteiger partial charge in [-0.2, -0.15) is 5.26 Å². The lowest BCUT2D eigenvalue weighted by Gasteiger charge is -2.34. The summed E-state index contributed by atoms with van der Waals surface area (Å²) in [6, 6.07) is 6.60. The van der Waals surface area contributed by atoms with Crippen LogP contribution in [0.4, 0.5) is 4.39 Å². The van der Waals surface area contributed by atoms with E-state index in [9.17, 15) is 4.39 Å². The summed E-state index contributed by atoms with van der Waals surface area (Å²) in [6.07, 6.45) is 2.10. The molecule has 17 heavy (non-hydrogen) atoms. The molecule has 0 aromatic heterocycles. The number of nitrogens with two attached hydrogens (primary N) is 1. The van der Waals surface area contributed by atoms with Gasteiger partial charge in [0.05, 0.1) is 18.3 Å². The average molecular weight is 234 g/mol. The van der Waals surface area contributed by atoms with Gasteiger partial charge in [-0.05, 0) is 31.4 Å². The average Bonchev–Trinajstić information content (AvgIpc) is 2.29. The molecule has 0 spiro atoms. The molecule has 2 rings (SSSR count). The van der Waals surface area contributed by atoms with Crippen LogP contribution >= 0.6 is 0 Å². The normalized spacial score (nSPS) is 22.9. The molecule has 2 N–H and O–H groups in total. The van der Waals surface area contributed by atoms with Gasteiger partial charge in [0.15, 0.2) is 0 Å². The van der Waals surface area contributed by atoms with Crippen molar-refractivity contribution < 1.29 is 9.13 Å². The van der Waals surface area contributed by atoms with E-state index in [-0.39, 0.29) is 18.3 Å². The third kappa shape index (κ3) is 2.63. The Morgan fingerprint density at radius 1 is 1.47 bits per heavy atom. The number of hydrogen-bond acceptors (Lipinski definition) is 3. The smallest absolute Gasteiger partial charge is 0.146 e. The minimum absolute atomic E-state index is 0.0690. The Morgan fingerprint density at radius 2 is 2.24 bits per heavy atom. The predicted octanol–water partition coefficient (Wildman–Crippen LogP) is 1.95. The van der Waals surface area contributed by atoms with Crippen LogP contribution in [-0.2, 0) is 11.3 Å². The molecule has 0 saturated heterocycles. The minimum atomic E-state index is -0.468. The van der Waals surface area contributed by atoms with Gasteiger partial charge in [0.2, 0.25) is 0 Å². The van der Waals surface area contributed by atoms with E-state index in [0.717, 1.165) is 12.8 Å². The van der Waals surface area contributed by atoms with Crippen LogP contribution in [0.25, 0.3) is 0 Å². The fourth-order valence-corrected chi connectivity index (χ4v) is 1.99. The maximum Gasteiger partial charge on any atom is 0.146 e. The van der Waals surface area contributed by atoms with Gasteiger partial charge in [0, 0.05) is 5.56 Å². The predicted molar refractivity (Wildman–Crippen MR) is 61.5 cm³/mol. The molecule has 3 nitrogen and oxygen atoms in total. The summed E-state index contributed by atoms with van der Waals surface area (Å²) in [4.78, 5) is 0. The highest BCUT2D eigenvalue weighted by Crippen LogP contribution is 2.29. The Bertz CT molecular complexity index is 436. The first-order chi connectivity index (χ1) is 8.24. The van der Waals surface area contributed by atoms with E-state index < -0.39 is 5.82 Å². The second kappa shape index (κ2) is 5.26. The van der Waals surface area contributed by atoms with Gasteiger partial charge in [-0.15, -0.1) is 0 Å². The summed E-state index contributed by atoms with van der Waals surface area (Å²) >= 11 is 0. The first kappa shape index (κ1) is 12.0. The van der Waals surface area contributed by atoms with E-state index >= 15 is 0 Å². The highest BCUT2D eigenvalue weighted by Gasteiger charge is 2.28. The van der Waals surface area contributed by atoms with Crippen LogP contribution in [-0.4, -0.2) is 12.6 Å². The van der Waals surface area contributed by atoms with Crippen molar-refractivity contribution in [3.8, 4) is 6.07 Å². The molecule has 0 unspecified atom stereocenters. The largest absolute Gasteiger partial charge is 0.373 e. The van der Waals surface area contributed by atoms with E-state index in [0.29, 0.717) is 18.0 Å². The van der Waals surface area contributed by atoms with Gasteiger partial charge in [0.1, 0.15) is 11.9 Å². The molecule has 0 atom stereocenters. The van der Waals surface area contributed by atoms with Crippen molar-refractivity contribution >= 4 is 0 Å². The molecule has 0 amide bonds. The topological polar surface area (TPSA) is 59.0 Å². The van der Waals surface area contributed by atoms with Crippen molar-refractivity contribution in [3.05, 3.63) is 35.1 Å². The fourth-order valence-electron chi connectivity index (χ4n) is 1.99. The summed E-state index contributed by atoms with van der Waals surface area (Å²) in [6.45, 7) is 0.918. The number of hydrogen-bond donors (Lipinski definition) is 1. The molecule has 1 aliphatic carbocycles. The first-order valence-corrected chi connectivity index (χ1v) is 5.73. The standard InChI is InChI=1S/C13H15FN2O/c14-13-10(7-16)2-1-3-11(13)8-17-12-4-9(5-12)6-15/h1-3,9,12H,4-6,8,15H2. The van der Waals surface area contributed by atoms with Crippen molar-refractivity contribution in [1.29, 1.82) is 5.26 Å². The molecule has 1 aromatic carbocycles. The molecule has 0 heterocycles. The molecule has 1 fully saturated rings. The van der Waals surface area contributed by atoms with Gasteiger partial charge < -0.3 is 10.5 Å². The zero-order chi connectivity index (χ0) is 12.3. The summed E-state index contributed by atoms with van der Waals surface area (Å²) in [7, 11) is 0. The molecular formula is C13H15FN2O. The maximum absolute atomic E-state index is 13.7. The lowest BCUT2D eigenvalue weighted by Crippen LogP contribution is -2.35. The highest BCUT2D eigenvalue weighted by molar-refractivity contribution is 5.34. The van der Waals surface area contributed by atoms with Gasteiger partial charge in [-0.1, -0.05) is 12.1 Å². The third-order valence-corrected chi connectivity index (χ3v) is 3.20. The molecule has 1 aromatic rings. The summed E-state index contributed by atoms with van der Waals surface area (Å²) in [5.41, 5.74) is 6.03. The monoisotopic (exact) mass is 234 g/mol. The number of halogens is 1. The van der Waals surface area contributed by atoms with Crippen molar-refractivity contribution in [2.24, 2.45) is 11.7 Å². The summed E-state index contributed by atoms with van der Waals surface area (Å²) < 4.78 is 19.2. The Kier molecular flexibility index (Phi) is 3.72. The van der Waals surface area contributed by atoms with Crippen LogP contribution in [0.15, 0.2) is 18.2 Å². The molecule has 4 heteroatoms. The van der Waals surface area contributed by atoms with E-state index in [1.807, 2.05) is 6.07 Å². The van der Waals surface area contributed by atoms with Crippen molar-refractivity contribution in [3.63, 3.8) is 0 Å². The lowest BCUT2D eigenvalue weighted by molar-refractivity contribution is -0.0384. The number of benzene rings is 1.